The summed E-state index contributed by atoms with van der Waals surface area (Å²) >= 11 is 0. The van der Waals surface area contributed by atoms with Crippen molar-refractivity contribution in [1.82, 2.24) is 4.90 Å². The summed E-state index contributed by atoms with van der Waals surface area (Å²) in [6.45, 7) is 2.01. The van der Waals surface area contributed by atoms with Gasteiger partial charge in [-0.05, 0) is 20.0 Å². The fraction of sp³-hybridized carbons (Fsp3) is 0.417. The Kier molecular flexibility index (Phi) is 5.73. The standard InChI is InChI=1S/C12H15N3O6/c1-3-21-12(16)8-13(2)7-9-4-5-10(14(17)18)6-11(9)15(19)20/h4-6H,3,7-8H2,1-2H3. The van der Waals surface area contributed by atoms with Gasteiger partial charge in [0.2, 0.25) is 0 Å². The van der Waals surface area contributed by atoms with Crippen molar-refractivity contribution < 1.29 is 19.4 Å². The van der Waals surface area contributed by atoms with Crippen molar-refractivity contribution >= 4 is 17.3 Å². The molecule has 0 unspecified atom stereocenters. The molecule has 0 amide bonds. The van der Waals surface area contributed by atoms with E-state index in [1.807, 2.05) is 0 Å². The second-order valence-corrected chi connectivity index (χ2v) is 4.30. The Hall–Kier alpha value is -2.55. The first-order chi connectivity index (χ1) is 9.85. The largest absolute Gasteiger partial charge is 0.465 e. The van der Waals surface area contributed by atoms with Crippen LogP contribution in [0.2, 0.25) is 0 Å². The van der Waals surface area contributed by atoms with Gasteiger partial charge in [-0.15, -0.1) is 0 Å². The minimum absolute atomic E-state index is 0.0258. The highest BCUT2D eigenvalue weighted by molar-refractivity contribution is 5.71. The molecular weight excluding hydrogens is 282 g/mol. The zero-order valence-corrected chi connectivity index (χ0v) is 11.6. The molecule has 0 aliphatic rings. The van der Waals surface area contributed by atoms with E-state index in [1.54, 1.807) is 14.0 Å². The normalized spacial score (nSPS) is 10.4. The van der Waals surface area contributed by atoms with Crippen LogP contribution in [0.5, 0.6) is 0 Å². The number of carbonyl (C=O) groups is 1. The lowest BCUT2D eigenvalue weighted by atomic mass is 10.1. The fourth-order valence-corrected chi connectivity index (χ4v) is 1.74. The van der Waals surface area contributed by atoms with Crippen LogP contribution >= 0.6 is 0 Å². The number of rotatable bonds is 7. The third-order valence-electron chi connectivity index (χ3n) is 2.62. The predicted molar refractivity (Wildman–Crippen MR) is 72.7 cm³/mol. The SMILES string of the molecule is CCOC(=O)CN(C)Cc1ccc([N+](=O)[O-])cc1[N+](=O)[O-]. The van der Waals surface area contributed by atoms with Gasteiger partial charge in [-0.25, -0.2) is 0 Å². The summed E-state index contributed by atoms with van der Waals surface area (Å²) < 4.78 is 4.77. The van der Waals surface area contributed by atoms with E-state index in [0.717, 1.165) is 6.07 Å². The molecule has 1 rings (SSSR count). The molecule has 0 aromatic heterocycles. The minimum Gasteiger partial charge on any atom is -0.465 e. The van der Waals surface area contributed by atoms with Crippen molar-refractivity contribution in [2.75, 3.05) is 20.2 Å². The Balaban J connectivity index is 2.89. The first kappa shape index (κ1) is 16.5. The smallest absolute Gasteiger partial charge is 0.320 e. The molecule has 0 bridgehead atoms. The van der Waals surface area contributed by atoms with Crippen molar-refractivity contribution in [3.63, 3.8) is 0 Å². The number of nitrogens with zero attached hydrogens (tertiary/aromatic N) is 3. The van der Waals surface area contributed by atoms with Crippen molar-refractivity contribution in [2.24, 2.45) is 0 Å². The van der Waals surface area contributed by atoms with Gasteiger partial charge in [-0.1, -0.05) is 0 Å². The zero-order valence-electron chi connectivity index (χ0n) is 11.6. The summed E-state index contributed by atoms with van der Waals surface area (Å²) in [6, 6.07) is 3.42. The van der Waals surface area contributed by atoms with E-state index in [1.165, 1.54) is 17.0 Å². The Morgan fingerprint density at radius 1 is 1.29 bits per heavy atom. The molecule has 0 spiro atoms. The molecule has 9 nitrogen and oxygen atoms in total. The number of non-ortho nitro benzene ring substituents is 1. The van der Waals surface area contributed by atoms with Gasteiger partial charge in [0.1, 0.15) is 0 Å². The van der Waals surface area contributed by atoms with E-state index in [-0.39, 0.29) is 36.6 Å². The van der Waals surface area contributed by atoms with Crippen molar-refractivity contribution in [1.29, 1.82) is 0 Å². The molecule has 0 aliphatic carbocycles. The molecule has 9 heteroatoms. The van der Waals surface area contributed by atoms with Gasteiger partial charge >= 0.3 is 5.97 Å². The van der Waals surface area contributed by atoms with Crippen molar-refractivity contribution in [3.8, 4) is 0 Å². The Labute approximate surface area is 120 Å². The monoisotopic (exact) mass is 297 g/mol. The second-order valence-electron chi connectivity index (χ2n) is 4.30. The lowest BCUT2D eigenvalue weighted by Crippen LogP contribution is -2.27. The maximum absolute atomic E-state index is 11.3. The summed E-state index contributed by atoms with van der Waals surface area (Å²) in [5, 5.41) is 21.6. The van der Waals surface area contributed by atoms with E-state index >= 15 is 0 Å². The molecule has 1 aromatic carbocycles. The number of carbonyl (C=O) groups excluding carboxylic acids is 1. The molecule has 1 aromatic rings. The predicted octanol–water partition coefficient (Wildman–Crippen LogP) is 1.50. The number of hydrogen-bond acceptors (Lipinski definition) is 7. The van der Waals surface area contributed by atoms with Crippen LogP contribution in [0.25, 0.3) is 0 Å². The molecule has 0 fully saturated rings. The number of esters is 1. The van der Waals surface area contributed by atoms with E-state index in [9.17, 15) is 25.0 Å². The van der Waals surface area contributed by atoms with Gasteiger partial charge < -0.3 is 4.74 Å². The number of benzene rings is 1. The van der Waals surface area contributed by atoms with Gasteiger partial charge in [0, 0.05) is 18.2 Å². The molecular formula is C12H15N3O6. The summed E-state index contributed by atoms with van der Waals surface area (Å²) in [5.41, 5.74) is -0.407. The summed E-state index contributed by atoms with van der Waals surface area (Å²) in [6.07, 6.45) is 0. The molecule has 21 heavy (non-hydrogen) atoms. The number of likely N-dealkylation sites (N-methyl/N-ethyl adjacent to an activating group) is 1. The Morgan fingerprint density at radius 2 is 1.95 bits per heavy atom. The van der Waals surface area contributed by atoms with Gasteiger partial charge in [0.05, 0.1) is 29.1 Å². The van der Waals surface area contributed by atoms with Crippen LogP contribution < -0.4 is 0 Å². The molecule has 0 atom stereocenters. The second kappa shape index (κ2) is 7.29. The van der Waals surface area contributed by atoms with Crippen LogP contribution in [-0.2, 0) is 16.1 Å². The topological polar surface area (TPSA) is 116 Å². The third kappa shape index (κ3) is 4.80. The molecule has 0 heterocycles. The van der Waals surface area contributed by atoms with Gasteiger partial charge in [0.15, 0.2) is 0 Å². The van der Waals surface area contributed by atoms with Crippen LogP contribution in [0.4, 0.5) is 11.4 Å². The highest BCUT2D eigenvalue weighted by Gasteiger charge is 2.20. The Morgan fingerprint density at radius 3 is 2.48 bits per heavy atom. The summed E-state index contributed by atoms with van der Waals surface area (Å²) in [7, 11) is 1.60. The lowest BCUT2D eigenvalue weighted by molar-refractivity contribution is -0.394. The molecule has 0 N–H and O–H groups in total. The highest BCUT2D eigenvalue weighted by Crippen LogP contribution is 2.25. The molecule has 0 aliphatic heterocycles. The quantitative estimate of drug-likeness (QED) is 0.425. The maximum Gasteiger partial charge on any atom is 0.320 e. The Bertz CT molecular complexity index is 560. The average Bonchev–Trinajstić information content (AvgIpc) is 2.38. The van der Waals surface area contributed by atoms with Crippen LogP contribution in [-0.4, -0.2) is 40.9 Å². The van der Waals surface area contributed by atoms with Crippen molar-refractivity contribution in [2.45, 2.75) is 13.5 Å². The zero-order chi connectivity index (χ0) is 16.0. The van der Waals surface area contributed by atoms with E-state index in [0.29, 0.717) is 0 Å². The van der Waals surface area contributed by atoms with E-state index in [4.69, 9.17) is 4.74 Å². The number of nitro groups is 2. The summed E-state index contributed by atoms with van der Waals surface area (Å²) in [5.74, 6) is -0.440. The van der Waals surface area contributed by atoms with Gasteiger partial charge in [-0.2, -0.15) is 0 Å². The fourth-order valence-electron chi connectivity index (χ4n) is 1.74. The maximum atomic E-state index is 11.3. The van der Waals surface area contributed by atoms with Crippen LogP contribution in [0.15, 0.2) is 18.2 Å². The molecule has 0 radical (unpaired) electrons. The van der Waals surface area contributed by atoms with Crippen LogP contribution in [0, 0.1) is 20.2 Å². The van der Waals surface area contributed by atoms with Crippen molar-refractivity contribution in [3.05, 3.63) is 44.0 Å². The van der Waals surface area contributed by atoms with E-state index < -0.39 is 15.8 Å². The number of ether oxygens (including phenoxy) is 1. The first-order valence-corrected chi connectivity index (χ1v) is 6.11. The minimum atomic E-state index is -0.695. The van der Waals surface area contributed by atoms with Gasteiger partial charge in [0.25, 0.3) is 11.4 Å². The highest BCUT2D eigenvalue weighted by atomic mass is 16.6. The average molecular weight is 297 g/mol. The van der Waals surface area contributed by atoms with Gasteiger partial charge in [-0.3, -0.25) is 29.9 Å². The lowest BCUT2D eigenvalue weighted by Gasteiger charge is -2.15. The number of nitro benzene ring substituents is 2. The van der Waals surface area contributed by atoms with Crippen LogP contribution in [0.3, 0.4) is 0 Å². The number of hydrogen-bond donors (Lipinski definition) is 0. The molecule has 0 saturated heterocycles. The molecule has 114 valence electrons. The molecule has 0 saturated carbocycles. The van der Waals surface area contributed by atoms with Crippen LogP contribution in [0.1, 0.15) is 12.5 Å². The van der Waals surface area contributed by atoms with E-state index in [2.05, 4.69) is 0 Å². The third-order valence-corrected chi connectivity index (χ3v) is 2.62. The summed E-state index contributed by atoms with van der Waals surface area (Å²) in [4.78, 5) is 33.1. The first-order valence-electron chi connectivity index (χ1n) is 6.11.